The molecule has 2 N–H and O–H groups in total. The van der Waals surface area contributed by atoms with E-state index in [0.29, 0.717) is 11.3 Å². The van der Waals surface area contributed by atoms with E-state index in [1.165, 1.54) is 11.3 Å². The fraction of sp³-hybridized carbons (Fsp3) is 0.118. The first-order chi connectivity index (χ1) is 12.1. The first-order valence-corrected chi connectivity index (χ1v) is 8.48. The molecule has 0 atom stereocenters. The quantitative estimate of drug-likeness (QED) is 0.553. The second kappa shape index (κ2) is 6.06. The maximum Gasteiger partial charge on any atom is 0.305 e. The molecule has 8 heteroatoms. The van der Waals surface area contributed by atoms with Gasteiger partial charge in [-0.05, 0) is 13.0 Å². The van der Waals surface area contributed by atoms with E-state index in [9.17, 15) is 9.59 Å². The summed E-state index contributed by atoms with van der Waals surface area (Å²) in [6.45, 7) is 1.81. The van der Waals surface area contributed by atoms with E-state index >= 15 is 0 Å². The number of fused-ring (bicyclic) bond motifs is 2. The summed E-state index contributed by atoms with van der Waals surface area (Å²) < 4.78 is 7.41. The minimum absolute atomic E-state index is 0.0772. The molecular formula is C17H14N4O3S. The molecule has 0 aliphatic rings. The van der Waals surface area contributed by atoms with Crippen molar-refractivity contribution < 1.29 is 14.0 Å². The minimum Gasteiger partial charge on any atom is -0.451 e. The summed E-state index contributed by atoms with van der Waals surface area (Å²) >= 11 is 1.49. The molecule has 0 bridgehead atoms. The normalized spacial score (nSPS) is 11.1. The van der Waals surface area contributed by atoms with Crippen LogP contribution >= 0.6 is 11.3 Å². The summed E-state index contributed by atoms with van der Waals surface area (Å²) in [5, 5.41) is 2.79. The van der Waals surface area contributed by atoms with Gasteiger partial charge in [0, 0.05) is 28.7 Å². The third-order valence-corrected chi connectivity index (χ3v) is 4.62. The number of hydrogen-bond donors (Lipinski definition) is 2. The van der Waals surface area contributed by atoms with Crippen LogP contribution in [0, 0.1) is 6.92 Å². The van der Waals surface area contributed by atoms with Crippen molar-refractivity contribution in [3.05, 3.63) is 59.1 Å². The number of furan rings is 1. The van der Waals surface area contributed by atoms with Crippen molar-refractivity contribution in [2.45, 2.75) is 13.3 Å². The van der Waals surface area contributed by atoms with Gasteiger partial charge < -0.3 is 4.42 Å². The molecule has 3 aromatic heterocycles. The van der Waals surface area contributed by atoms with Crippen molar-refractivity contribution in [3.63, 3.8) is 0 Å². The molecule has 25 heavy (non-hydrogen) atoms. The Kier molecular flexibility index (Phi) is 3.73. The number of nitrogens with zero attached hydrogens (tertiary/aromatic N) is 2. The van der Waals surface area contributed by atoms with Crippen molar-refractivity contribution in [1.29, 1.82) is 0 Å². The maximum atomic E-state index is 12.3. The molecule has 7 nitrogen and oxygen atoms in total. The van der Waals surface area contributed by atoms with Crippen LogP contribution in [-0.2, 0) is 11.2 Å². The highest BCUT2D eigenvalue weighted by atomic mass is 32.1. The first kappa shape index (κ1) is 15.4. The van der Waals surface area contributed by atoms with Crippen LogP contribution in [-0.4, -0.2) is 21.2 Å². The van der Waals surface area contributed by atoms with Gasteiger partial charge in [0.25, 0.3) is 0 Å². The third-order valence-electron chi connectivity index (χ3n) is 3.85. The van der Waals surface area contributed by atoms with E-state index < -0.39 is 5.91 Å². The van der Waals surface area contributed by atoms with Crippen LogP contribution in [0.25, 0.3) is 15.9 Å². The van der Waals surface area contributed by atoms with Crippen molar-refractivity contribution in [1.82, 2.24) is 20.2 Å². The molecule has 4 aromatic rings. The van der Waals surface area contributed by atoms with Crippen molar-refractivity contribution in [2.24, 2.45) is 0 Å². The van der Waals surface area contributed by atoms with Gasteiger partial charge in [-0.25, -0.2) is 4.98 Å². The lowest BCUT2D eigenvalue weighted by atomic mass is 10.1. The number of aryl methyl sites for hydroxylation is 1. The SMILES string of the molecule is Cc1c(C(=O)NNC(=O)Cc2cn3ccsc3n2)oc2ccccc12. The number of aromatic nitrogens is 2. The van der Waals surface area contributed by atoms with Crippen LogP contribution in [0.3, 0.4) is 0 Å². The molecule has 0 unspecified atom stereocenters. The van der Waals surface area contributed by atoms with Gasteiger partial charge in [0.15, 0.2) is 10.7 Å². The molecule has 4 rings (SSSR count). The van der Waals surface area contributed by atoms with E-state index in [1.807, 2.05) is 34.2 Å². The number of amides is 2. The van der Waals surface area contributed by atoms with Crippen molar-refractivity contribution in [2.75, 3.05) is 0 Å². The van der Waals surface area contributed by atoms with E-state index in [1.54, 1.807) is 19.2 Å². The molecule has 1 aromatic carbocycles. The van der Waals surface area contributed by atoms with Crippen LogP contribution in [0.4, 0.5) is 0 Å². The monoisotopic (exact) mass is 354 g/mol. The standard InChI is InChI=1S/C17H14N4O3S/c1-10-12-4-2-3-5-13(12)24-15(10)16(23)20-19-14(22)8-11-9-21-6-7-25-17(21)18-11/h2-7,9H,8H2,1H3,(H,19,22)(H,20,23). The number of nitrogens with one attached hydrogen (secondary N) is 2. The van der Waals surface area contributed by atoms with Crippen LogP contribution in [0.5, 0.6) is 0 Å². The van der Waals surface area contributed by atoms with Gasteiger partial charge in [0.05, 0.1) is 12.1 Å². The number of para-hydroxylation sites is 1. The highest BCUT2D eigenvalue weighted by Crippen LogP contribution is 2.24. The molecule has 0 saturated heterocycles. The van der Waals surface area contributed by atoms with Gasteiger partial charge in [0.2, 0.25) is 5.91 Å². The summed E-state index contributed by atoms with van der Waals surface area (Å²) in [4.78, 5) is 29.4. The summed E-state index contributed by atoms with van der Waals surface area (Å²) in [6, 6.07) is 7.39. The summed E-state index contributed by atoms with van der Waals surface area (Å²) in [7, 11) is 0. The number of hydrogen-bond acceptors (Lipinski definition) is 5. The zero-order valence-corrected chi connectivity index (χ0v) is 14.1. The summed E-state index contributed by atoms with van der Waals surface area (Å²) in [5.74, 6) is -0.662. The molecule has 0 radical (unpaired) electrons. The maximum absolute atomic E-state index is 12.3. The predicted octanol–water partition coefficient (Wildman–Crippen LogP) is 2.45. The summed E-state index contributed by atoms with van der Waals surface area (Å²) in [6.07, 6.45) is 3.74. The Hall–Kier alpha value is -3.13. The molecule has 0 aliphatic carbocycles. The number of hydrazine groups is 1. The number of imidazole rings is 1. The predicted molar refractivity (Wildman–Crippen MR) is 93.3 cm³/mol. The highest BCUT2D eigenvalue weighted by Gasteiger charge is 2.18. The van der Waals surface area contributed by atoms with Gasteiger partial charge in [-0.15, -0.1) is 11.3 Å². The average molecular weight is 354 g/mol. The van der Waals surface area contributed by atoms with Gasteiger partial charge in [-0.1, -0.05) is 18.2 Å². The van der Waals surface area contributed by atoms with Gasteiger partial charge >= 0.3 is 5.91 Å². The molecule has 2 amide bonds. The Labute approximate surface area is 146 Å². The van der Waals surface area contributed by atoms with Crippen LogP contribution in [0.2, 0.25) is 0 Å². The lowest BCUT2D eigenvalue weighted by molar-refractivity contribution is -0.121. The molecule has 0 aliphatic heterocycles. The average Bonchev–Trinajstić information content (AvgIpc) is 3.27. The first-order valence-electron chi connectivity index (χ1n) is 7.60. The zero-order valence-electron chi connectivity index (χ0n) is 13.3. The third kappa shape index (κ3) is 2.87. The van der Waals surface area contributed by atoms with Gasteiger partial charge in [-0.2, -0.15) is 0 Å². The second-order valence-corrected chi connectivity index (χ2v) is 6.43. The number of carbonyl (C=O) groups is 2. The van der Waals surface area contributed by atoms with Gasteiger partial charge in [0.1, 0.15) is 5.58 Å². The lowest BCUT2D eigenvalue weighted by Crippen LogP contribution is -2.42. The smallest absolute Gasteiger partial charge is 0.305 e. The van der Waals surface area contributed by atoms with Crippen LogP contribution in [0.15, 0.2) is 46.5 Å². The zero-order chi connectivity index (χ0) is 17.4. The highest BCUT2D eigenvalue weighted by molar-refractivity contribution is 7.15. The van der Waals surface area contributed by atoms with Crippen LogP contribution < -0.4 is 10.9 Å². The number of benzene rings is 1. The number of thiazole rings is 1. The topological polar surface area (TPSA) is 88.6 Å². The van der Waals surface area contributed by atoms with E-state index in [2.05, 4.69) is 15.8 Å². The Morgan fingerprint density at radius 1 is 1.28 bits per heavy atom. The molecule has 0 saturated carbocycles. The molecule has 0 fully saturated rings. The Morgan fingerprint density at radius 2 is 2.12 bits per heavy atom. The Morgan fingerprint density at radius 3 is 2.92 bits per heavy atom. The van der Waals surface area contributed by atoms with Crippen molar-refractivity contribution in [3.8, 4) is 0 Å². The van der Waals surface area contributed by atoms with Gasteiger partial charge in [-0.3, -0.25) is 24.8 Å². The summed E-state index contributed by atoms with van der Waals surface area (Å²) in [5.41, 5.74) is 6.78. The number of rotatable bonds is 3. The Balaban J connectivity index is 1.41. The minimum atomic E-state index is -0.493. The fourth-order valence-electron chi connectivity index (χ4n) is 2.64. The van der Waals surface area contributed by atoms with E-state index in [-0.39, 0.29) is 18.1 Å². The molecule has 0 spiro atoms. The van der Waals surface area contributed by atoms with E-state index in [0.717, 1.165) is 15.9 Å². The lowest BCUT2D eigenvalue weighted by Gasteiger charge is -2.05. The largest absolute Gasteiger partial charge is 0.451 e. The van der Waals surface area contributed by atoms with Crippen molar-refractivity contribution >= 4 is 39.1 Å². The fourth-order valence-corrected chi connectivity index (χ4v) is 3.36. The number of carbonyl (C=O) groups excluding carboxylic acids is 2. The Bertz CT molecular complexity index is 1060. The second-order valence-electron chi connectivity index (χ2n) is 5.56. The van der Waals surface area contributed by atoms with E-state index in [4.69, 9.17) is 4.42 Å². The van der Waals surface area contributed by atoms with Crippen LogP contribution in [0.1, 0.15) is 21.8 Å². The molecule has 126 valence electrons. The molecular weight excluding hydrogens is 340 g/mol. The molecule has 3 heterocycles.